The summed E-state index contributed by atoms with van der Waals surface area (Å²) in [5.41, 5.74) is 1.72. The van der Waals surface area contributed by atoms with Crippen molar-refractivity contribution in [3.8, 4) is 23.0 Å². The van der Waals surface area contributed by atoms with Crippen LogP contribution in [-0.4, -0.2) is 69.6 Å². The molecule has 2 heterocycles. The summed E-state index contributed by atoms with van der Waals surface area (Å²) in [5, 5.41) is 30.5. The molecule has 0 aliphatic rings. The van der Waals surface area contributed by atoms with E-state index in [1.54, 1.807) is 25.1 Å². The van der Waals surface area contributed by atoms with Crippen molar-refractivity contribution in [2.75, 3.05) is 13.1 Å². The van der Waals surface area contributed by atoms with Crippen LogP contribution in [0.1, 0.15) is 25.2 Å². The van der Waals surface area contributed by atoms with Crippen molar-refractivity contribution < 1.29 is 32.5 Å². The van der Waals surface area contributed by atoms with Crippen molar-refractivity contribution in [3.63, 3.8) is 0 Å². The number of amides is 1. The van der Waals surface area contributed by atoms with E-state index in [1.807, 2.05) is 44.2 Å². The first-order chi connectivity index (χ1) is 19.0. The van der Waals surface area contributed by atoms with E-state index in [2.05, 4.69) is 20.6 Å². The summed E-state index contributed by atoms with van der Waals surface area (Å²) in [4.78, 5) is 15.7. The molecule has 0 bridgehead atoms. The van der Waals surface area contributed by atoms with Crippen LogP contribution < -0.4 is 5.32 Å². The molecule has 0 aliphatic carbocycles. The van der Waals surface area contributed by atoms with Crippen molar-refractivity contribution in [2.24, 2.45) is 5.92 Å². The van der Waals surface area contributed by atoms with Crippen molar-refractivity contribution in [3.05, 3.63) is 72.0 Å². The lowest BCUT2D eigenvalue weighted by molar-refractivity contribution is 0.0980. The second kappa shape index (κ2) is 12.4. The van der Waals surface area contributed by atoms with Gasteiger partial charge in [-0.25, -0.2) is 13.2 Å². The van der Waals surface area contributed by atoms with Gasteiger partial charge in [-0.3, -0.25) is 0 Å². The molecular formula is C27H31N5O7S. The van der Waals surface area contributed by atoms with E-state index < -0.39 is 28.3 Å². The fourth-order valence-electron chi connectivity index (χ4n) is 4.16. The molecule has 0 radical (unpaired) electrons. The molecule has 2 atom stereocenters. The third kappa shape index (κ3) is 7.11. The minimum Gasteiger partial charge on any atom is -0.465 e. The summed E-state index contributed by atoms with van der Waals surface area (Å²) in [7, 11) is -4.05. The fourth-order valence-corrected chi connectivity index (χ4v) is 5.78. The second-order valence-electron chi connectivity index (χ2n) is 9.80. The molecule has 0 fully saturated rings. The highest BCUT2D eigenvalue weighted by Gasteiger charge is 2.31. The van der Waals surface area contributed by atoms with Crippen molar-refractivity contribution in [1.29, 1.82) is 0 Å². The Morgan fingerprint density at radius 2 is 1.73 bits per heavy atom. The molecule has 4 aromatic rings. The number of hydrogen-bond donors (Lipinski definition) is 3. The number of hydrogen-bond acceptors (Lipinski definition) is 9. The SMILES string of the molecule is Cc1cc(-c2nc(-c3ccc(S(=O)(=O)N(CC(C)C)C[C@H](O)[C@H](Cc4ccccc4)NC(=O)O)cc3)no2)no1. The average molecular weight is 570 g/mol. The number of sulfonamides is 1. The number of nitrogens with one attached hydrogen (secondary N) is 1. The zero-order valence-electron chi connectivity index (χ0n) is 22.3. The predicted molar refractivity (Wildman–Crippen MR) is 145 cm³/mol. The average Bonchev–Trinajstić information content (AvgIpc) is 3.57. The van der Waals surface area contributed by atoms with Gasteiger partial charge in [0.1, 0.15) is 5.76 Å². The smallest absolute Gasteiger partial charge is 0.404 e. The Balaban J connectivity index is 1.54. The van der Waals surface area contributed by atoms with Gasteiger partial charge in [-0.15, -0.1) is 0 Å². The van der Waals surface area contributed by atoms with Crippen LogP contribution >= 0.6 is 0 Å². The molecule has 0 aliphatic heterocycles. The van der Waals surface area contributed by atoms with Crippen LogP contribution in [0.5, 0.6) is 0 Å². The number of aryl methyl sites for hydroxylation is 1. The van der Waals surface area contributed by atoms with Crippen LogP contribution in [0.3, 0.4) is 0 Å². The number of aromatic nitrogens is 3. The van der Waals surface area contributed by atoms with Gasteiger partial charge >= 0.3 is 6.09 Å². The number of aliphatic hydroxyl groups is 1. The molecule has 40 heavy (non-hydrogen) atoms. The van der Waals surface area contributed by atoms with Crippen LogP contribution in [0.2, 0.25) is 0 Å². The lowest BCUT2D eigenvalue weighted by Gasteiger charge is -2.30. The number of carboxylic acid groups (broad SMARTS) is 1. The maximum absolute atomic E-state index is 13.7. The Hall–Kier alpha value is -4.07. The van der Waals surface area contributed by atoms with Gasteiger partial charge in [0, 0.05) is 24.7 Å². The standard InChI is InChI=1S/C27H31N5O7S/c1-17(2)15-32(16-24(33)22(28-27(34)35)14-19-7-5-4-6-8-19)40(36,37)21-11-9-20(10-12-21)25-29-26(39-31-25)23-13-18(3)38-30-23/h4-13,17,22,24,28,33H,14-16H2,1-3H3,(H,34,35)/t22-,24-/m0/s1. The highest BCUT2D eigenvalue weighted by atomic mass is 32.2. The Labute approximate surface area is 231 Å². The number of rotatable bonds is 12. The molecule has 2 aromatic carbocycles. The van der Waals surface area contributed by atoms with Crippen LogP contribution in [0, 0.1) is 12.8 Å². The zero-order chi connectivity index (χ0) is 28.9. The summed E-state index contributed by atoms with van der Waals surface area (Å²) in [6.45, 7) is 5.28. The van der Waals surface area contributed by atoms with E-state index in [0.29, 0.717) is 17.0 Å². The van der Waals surface area contributed by atoms with Gasteiger partial charge in [0.15, 0.2) is 5.69 Å². The van der Waals surface area contributed by atoms with Gasteiger partial charge in [0.05, 0.1) is 17.0 Å². The molecule has 3 N–H and O–H groups in total. The predicted octanol–water partition coefficient (Wildman–Crippen LogP) is 3.59. The molecule has 0 spiro atoms. The van der Waals surface area contributed by atoms with Crippen LogP contribution in [0.15, 0.2) is 74.6 Å². The third-order valence-corrected chi connectivity index (χ3v) is 7.90. The van der Waals surface area contributed by atoms with Gasteiger partial charge < -0.3 is 24.6 Å². The van der Waals surface area contributed by atoms with E-state index in [9.17, 15) is 23.4 Å². The normalized spacial score (nSPS) is 13.4. The molecule has 0 saturated heterocycles. The number of benzene rings is 2. The Morgan fingerprint density at radius 3 is 2.33 bits per heavy atom. The summed E-state index contributed by atoms with van der Waals surface area (Å²) in [6, 6.07) is 15.8. The number of carbonyl (C=O) groups is 1. The maximum Gasteiger partial charge on any atom is 0.404 e. The molecule has 12 nitrogen and oxygen atoms in total. The Bertz CT molecular complexity index is 1520. The topological polar surface area (TPSA) is 172 Å². The molecule has 212 valence electrons. The van der Waals surface area contributed by atoms with E-state index in [-0.39, 0.29) is 42.0 Å². The van der Waals surface area contributed by atoms with Gasteiger partial charge in [-0.2, -0.15) is 9.29 Å². The molecule has 1 amide bonds. The van der Waals surface area contributed by atoms with E-state index >= 15 is 0 Å². The summed E-state index contributed by atoms with van der Waals surface area (Å²) < 4.78 is 38.8. The first-order valence-corrected chi connectivity index (χ1v) is 14.1. The largest absolute Gasteiger partial charge is 0.465 e. The van der Waals surface area contributed by atoms with E-state index in [0.717, 1.165) is 5.56 Å². The highest BCUT2D eigenvalue weighted by Crippen LogP contribution is 2.25. The first kappa shape index (κ1) is 28.9. The minimum atomic E-state index is -4.05. The summed E-state index contributed by atoms with van der Waals surface area (Å²) in [6.07, 6.45) is -2.42. The first-order valence-electron chi connectivity index (χ1n) is 12.6. The zero-order valence-corrected chi connectivity index (χ0v) is 23.1. The molecule has 0 unspecified atom stereocenters. The van der Waals surface area contributed by atoms with Crippen LogP contribution in [-0.2, 0) is 16.4 Å². The number of nitrogens with zero attached hydrogens (tertiary/aromatic N) is 4. The Kier molecular flexibility index (Phi) is 8.97. The maximum atomic E-state index is 13.7. The van der Waals surface area contributed by atoms with Crippen molar-refractivity contribution in [2.45, 2.75) is 44.2 Å². The molecular weight excluding hydrogens is 538 g/mol. The van der Waals surface area contributed by atoms with Gasteiger partial charge in [0.2, 0.25) is 15.8 Å². The molecule has 0 saturated carbocycles. The van der Waals surface area contributed by atoms with E-state index in [4.69, 9.17) is 9.05 Å². The van der Waals surface area contributed by atoms with Gasteiger partial charge in [-0.05, 0) is 49.1 Å². The van der Waals surface area contributed by atoms with Crippen molar-refractivity contribution in [1.82, 2.24) is 24.9 Å². The molecule has 13 heteroatoms. The molecule has 2 aromatic heterocycles. The van der Waals surface area contributed by atoms with Crippen LogP contribution in [0.4, 0.5) is 4.79 Å². The van der Waals surface area contributed by atoms with Crippen LogP contribution in [0.25, 0.3) is 23.0 Å². The second-order valence-corrected chi connectivity index (χ2v) is 11.7. The quantitative estimate of drug-likeness (QED) is 0.229. The van der Waals surface area contributed by atoms with Crippen molar-refractivity contribution >= 4 is 16.1 Å². The monoisotopic (exact) mass is 569 g/mol. The lowest BCUT2D eigenvalue weighted by atomic mass is 10.0. The Morgan fingerprint density at radius 1 is 1.02 bits per heavy atom. The van der Waals surface area contributed by atoms with Gasteiger partial charge in [0.25, 0.3) is 5.89 Å². The van der Waals surface area contributed by atoms with E-state index in [1.165, 1.54) is 16.4 Å². The lowest BCUT2D eigenvalue weighted by Crippen LogP contribution is -2.50. The minimum absolute atomic E-state index is 0.00532. The molecule has 4 rings (SSSR count). The third-order valence-electron chi connectivity index (χ3n) is 6.05. The summed E-state index contributed by atoms with van der Waals surface area (Å²) in [5.74, 6) is 0.947. The number of aliphatic hydroxyl groups excluding tert-OH is 1. The summed E-state index contributed by atoms with van der Waals surface area (Å²) >= 11 is 0. The fraction of sp³-hybridized carbons (Fsp3) is 0.333. The highest BCUT2D eigenvalue weighted by molar-refractivity contribution is 7.89. The van der Waals surface area contributed by atoms with Gasteiger partial charge in [-0.1, -0.05) is 54.5 Å².